The van der Waals surface area contributed by atoms with Gasteiger partial charge in [-0.25, -0.2) is 4.98 Å². The number of oxime groups is 1. The van der Waals surface area contributed by atoms with Crippen LogP contribution < -0.4 is 0 Å². The summed E-state index contributed by atoms with van der Waals surface area (Å²) >= 11 is 0. The van der Waals surface area contributed by atoms with Gasteiger partial charge in [-0.05, 0) is 17.7 Å². The first-order chi connectivity index (χ1) is 11.3. The van der Waals surface area contributed by atoms with Crippen LogP contribution in [0.2, 0.25) is 0 Å². The van der Waals surface area contributed by atoms with Crippen molar-refractivity contribution in [3.05, 3.63) is 53.7 Å². The zero-order chi connectivity index (χ0) is 17.4. The van der Waals surface area contributed by atoms with E-state index in [1.807, 2.05) is 6.07 Å². The van der Waals surface area contributed by atoms with Crippen LogP contribution in [0.4, 0.5) is 13.2 Å². The van der Waals surface area contributed by atoms with E-state index in [2.05, 4.69) is 15.0 Å². The Morgan fingerprint density at radius 3 is 2.38 bits per heavy atom. The fraction of sp³-hybridized carbons (Fsp3) is 0.188. The maximum atomic E-state index is 12.7. The van der Waals surface area contributed by atoms with Crippen LogP contribution in [0.5, 0.6) is 0 Å². The molecular formula is C16H10F3N3O2. The molecule has 1 atom stereocenters. The van der Waals surface area contributed by atoms with Gasteiger partial charge < -0.3 is 9.94 Å². The summed E-state index contributed by atoms with van der Waals surface area (Å²) in [6, 6.07) is 13.3. The summed E-state index contributed by atoms with van der Waals surface area (Å²) in [7, 11) is 0. The number of nitriles is 1. The molecule has 2 aromatic rings. The molecule has 1 N–H and O–H groups in total. The molecule has 1 aliphatic rings. The van der Waals surface area contributed by atoms with Crippen molar-refractivity contribution < 1.29 is 23.1 Å². The molecular weight excluding hydrogens is 323 g/mol. The van der Waals surface area contributed by atoms with Crippen LogP contribution in [0.1, 0.15) is 17.7 Å². The van der Waals surface area contributed by atoms with E-state index in [1.165, 1.54) is 0 Å². The van der Waals surface area contributed by atoms with Crippen molar-refractivity contribution in [2.24, 2.45) is 5.16 Å². The average Bonchev–Trinajstić information content (AvgIpc) is 2.99. The minimum atomic E-state index is -4.93. The number of pyridine rings is 1. The maximum absolute atomic E-state index is 12.7. The Morgan fingerprint density at radius 1 is 1.12 bits per heavy atom. The van der Waals surface area contributed by atoms with Gasteiger partial charge in [-0.3, -0.25) is 0 Å². The zero-order valence-electron chi connectivity index (χ0n) is 12.1. The van der Waals surface area contributed by atoms with Gasteiger partial charge in [0.15, 0.2) is 0 Å². The van der Waals surface area contributed by atoms with Gasteiger partial charge in [0.05, 0.1) is 17.8 Å². The van der Waals surface area contributed by atoms with E-state index in [-0.39, 0.29) is 11.4 Å². The van der Waals surface area contributed by atoms with Crippen LogP contribution in [0.25, 0.3) is 11.3 Å². The monoisotopic (exact) mass is 333 g/mol. The molecule has 2 heterocycles. The molecule has 8 heteroatoms. The number of alkyl halides is 3. The summed E-state index contributed by atoms with van der Waals surface area (Å²) < 4.78 is 38.1. The van der Waals surface area contributed by atoms with E-state index in [9.17, 15) is 18.3 Å². The van der Waals surface area contributed by atoms with Crippen molar-refractivity contribution in [2.45, 2.75) is 18.4 Å². The lowest BCUT2D eigenvalue weighted by Crippen LogP contribution is -2.45. The lowest BCUT2D eigenvalue weighted by Gasteiger charge is -2.22. The summed E-state index contributed by atoms with van der Waals surface area (Å²) in [5.41, 5.74) is 1.93. The number of hydrogen-bond acceptors (Lipinski definition) is 5. The minimum absolute atomic E-state index is 0.000102. The molecule has 0 radical (unpaired) electrons. The van der Waals surface area contributed by atoms with Gasteiger partial charge >= 0.3 is 12.0 Å². The Hall–Kier alpha value is -2.92. The van der Waals surface area contributed by atoms with Crippen LogP contribution in [0.3, 0.4) is 0 Å². The second kappa shape index (κ2) is 5.62. The molecule has 0 fully saturated rings. The third-order valence-electron chi connectivity index (χ3n) is 3.53. The standard InChI is InChI=1S/C16H10F3N3O2/c17-16(18,19)15(23)8-14(22-24-15)11-6-4-10(5-7-11)13-3-1-2-12(9-20)21-13/h1-7,23H,8H2. The Bertz CT molecular complexity index is 841. The predicted molar refractivity (Wildman–Crippen MR) is 77.6 cm³/mol. The third-order valence-corrected chi connectivity index (χ3v) is 3.53. The summed E-state index contributed by atoms with van der Waals surface area (Å²) in [6.45, 7) is 0. The van der Waals surface area contributed by atoms with Gasteiger partial charge in [0.2, 0.25) is 0 Å². The van der Waals surface area contributed by atoms with Crippen molar-refractivity contribution in [1.82, 2.24) is 4.98 Å². The molecule has 0 aliphatic carbocycles. The first-order valence-corrected chi connectivity index (χ1v) is 6.84. The number of rotatable bonds is 2. The molecule has 1 aliphatic heterocycles. The Kier molecular flexibility index (Phi) is 3.73. The molecule has 1 aromatic carbocycles. The second-order valence-electron chi connectivity index (χ2n) is 5.19. The lowest BCUT2D eigenvalue weighted by molar-refractivity contribution is -0.355. The normalized spacial score (nSPS) is 20.2. The van der Waals surface area contributed by atoms with Crippen molar-refractivity contribution >= 4 is 5.71 Å². The fourth-order valence-corrected chi connectivity index (χ4v) is 2.22. The Morgan fingerprint density at radius 2 is 1.79 bits per heavy atom. The van der Waals surface area contributed by atoms with Crippen LogP contribution in [-0.4, -0.2) is 27.8 Å². The maximum Gasteiger partial charge on any atom is 0.458 e. The van der Waals surface area contributed by atoms with Gasteiger partial charge in [0.25, 0.3) is 0 Å². The number of benzene rings is 1. The molecule has 1 unspecified atom stereocenters. The number of halogens is 3. The molecule has 0 saturated heterocycles. The molecule has 0 saturated carbocycles. The lowest BCUT2D eigenvalue weighted by atomic mass is 10.0. The molecule has 122 valence electrons. The highest BCUT2D eigenvalue weighted by atomic mass is 19.4. The van der Waals surface area contributed by atoms with Gasteiger partial charge in [0, 0.05) is 5.56 Å². The molecule has 0 spiro atoms. The van der Waals surface area contributed by atoms with Crippen molar-refractivity contribution in [3.8, 4) is 17.3 Å². The quantitative estimate of drug-likeness (QED) is 0.916. The summed E-state index contributed by atoms with van der Waals surface area (Å²) in [4.78, 5) is 8.33. The van der Waals surface area contributed by atoms with Crippen LogP contribution in [0.15, 0.2) is 47.6 Å². The van der Waals surface area contributed by atoms with Crippen molar-refractivity contribution in [2.75, 3.05) is 0 Å². The highest BCUT2D eigenvalue weighted by molar-refractivity contribution is 6.01. The van der Waals surface area contributed by atoms with Crippen LogP contribution in [0, 0.1) is 11.3 Å². The SMILES string of the molecule is N#Cc1cccc(-c2ccc(C3=NOC(O)(C(F)(F)F)C3)cc2)n1. The largest absolute Gasteiger partial charge is 0.458 e. The topological polar surface area (TPSA) is 78.5 Å². The molecule has 5 nitrogen and oxygen atoms in total. The molecule has 0 amide bonds. The molecule has 3 rings (SSSR count). The number of aliphatic hydroxyl groups is 1. The summed E-state index contributed by atoms with van der Waals surface area (Å²) in [5.74, 6) is -3.29. The van der Waals surface area contributed by atoms with E-state index in [0.29, 0.717) is 16.8 Å². The fourth-order valence-electron chi connectivity index (χ4n) is 2.22. The second-order valence-corrected chi connectivity index (χ2v) is 5.19. The Labute approximate surface area is 134 Å². The van der Waals surface area contributed by atoms with E-state index in [1.54, 1.807) is 42.5 Å². The smallest absolute Gasteiger partial charge is 0.350 e. The number of aromatic nitrogens is 1. The highest BCUT2D eigenvalue weighted by Crippen LogP contribution is 2.39. The van der Waals surface area contributed by atoms with Gasteiger partial charge in [0.1, 0.15) is 11.8 Å². The van der Waals surface area contributed by atoms with Crippen molar-refractivity contribution in [1.29, 1.82) is 5.26 Å². The summed E-state index contributed by atoms with van der Waals surface area (Å²) in [6.07, 6.45) is -5.71. The van der Waals surface area contributed by atoms with Gasteiger partial charge in [-0.15, -0.1) is 0 Å². The first kappa shape index (κ1) is 16.0. The highest BCUT2D eigenvalue weighted by Gasteiger charge is 2.60. The van der Waals surface area contributed by atoms with Gasteiger partial charge in [-0.1, -0.05) is 35.5 Å². The number of nitrogens with zero attached hydrogens (tertiary/aromatic N) is 3. The minimum Gasteiger partial charge on any atom is -0.350 e. The Balaban J connectivity index is 1.82. The zero-order valence-corrected chi connectivity index (χ0v) is 12.1. The third kappa shape index (κ3) is 2.81. The van der Waals surface area contributed by atoms with Crippen LogP contribution in [-0.2, 0) is 4.84 Å². The first-order valence-electron chi connectivity index (χ1n) is 6.84. The number of hydrogen-bond donors (Lipinski definition) is 1. The molecule has 0 bridgehead atoms. The van der Waals surface area contributed by atoms with Crippen LogP contribution >= 0.6 is 0 Å². The van der Waals surface area contributed by atoms with E-state index < -0.39 is 18.4 Å². The van der Waals surface area contributed by atoms with E-state index in [4.69, 9.17) is 5.26 Å². The summed E-state index contributed by atoms with van der Waals surface area (Å²) in [5, 5.41) is 21.6. The average molecular weight is 333 g/mol. The predicted octanol–water partition coefficient (Wildman–Crippen LogP) is 3.00. The molecule has 24 heavy (non-hydrogen) atoms. The van der Waals surface area contributed by atoms with E-state index >= 15 is 0 Å². The van der Waals surface area contributed by atoms with E-state index in [0.717, 1.165) is 0 Å². The van der Waals surface area contributed by atoms with Crippen molar-refractivity contribution in [3.63, 3.8) is 0 Å². The molecule has 1 aromatic heterocycles. The van der Waals surface area contributed by atoms with Gasteiger partial charge in [-0.2, -0.15) is 18.4 Å².